The molecule has 0 spiro atoms. The van der Waals surface area contributed by atoms with E-state index in [1.165, 1.54) is 18.2 Å². The molecule has 0 aliphatic rings. The molecule has 3 aromatic rings. The Morgan fingerprint density at radius 1 is 1.12 bits per heavy atom. The van der Waals surface area contributed by atoms with E-state index in [9.17, 15) is 23.2 Å². The van der Waals surface area contributed by atoms with E-state index in [-0.39, 0.29) is 16.3 Å². The highest BCUT2D eigenvalue weighted by Gasteiger charge is 2.31. The monoisotopic (exact) mass is 477 g/mol. The second kappa shape index (κ2) is 9.11. The summed E-state index contributed by atoms with van der Waals surface area (Å²) >= 11 is 12.1. The first-order valence-corrected chi connectivity index (χ1v) is 10.0. The van der Waals surface area contributed by atoms with Crippen molar-refractivity contribution >= 4 is 40.9 Å². The third kappa shape index (κ3) is 4.98. The fourth-order valence-corrected chi connectivity index (χ4v) is 3.63. The Morgan fingerprint density at radius 3 is 2.47 bits per heavy atom. The molecule has 3 rings (SSSR count). The zero-order valence-corrected chi connectivity index (χ0v) is 18.4. The Bertz CT molecular complexity index is 1270. The normalized spacial score (nSPS) is 11.9. The van der Waals surface area contributed by atoms with Gasteiger partial charge < -0.3 is 9.88 Å². The standard InChI is InChI=1S/C23H16Cl2F3N3O/c1-13-8-15(9-16(12-29)22(32)30-19-5-3-4-18(24)11-19)14(2)31(13)21-10-17(23(26,27)28)6-7-20(21)25/h3-11H,1-2H3,(H,30,32). The number of nitrogens with zero attached hydrogens (tertiary/aromatic N) is 2. The predicted octanol–water partition coefficient (Wildman–Crippen LogP) is 6.97. The van der Waals surface area contributed by atoms with E-state index in [4.69, 9.17) is 23.2 Å². The molecule has 1 heterocycles. The summed E-state index contributed by atoms with van der Waals surface area (Å²) < 4.78 is 41.1. The van der Waals surface area contributed by atoms with E-state index in [2.05, 4.69) is 5.32 Å². The molecular formula is C23H16Cl2F3N3O. The Morgan fingerprint density at radius 2 is 1.84 bits per heavy atom. The zero-order valence-electron chi connectivity index (χ0n) is 16.9. The maximum atomic E-state index is 13.2. The minimum Gasteiger partial charge on any atom is -0.321 e. The number of anilines is 1. The van der Waals surface area contributed by atoms with E-state index < -0.39 is 17.6 Å². The number of nitriles is 1. The third-order valence-electron chi connectivity index (χ3n) is 4.73. The molecule has 1 aromatic heterocycles. The lowest BCUT2D eigenvalue weighted by Crippen LogP contribution is -2.13. The quantitative estimate of drug-likeness (QED) is 0.325. The van der Waals surface area contributed by atoms with E-state index in [1.54, 1.807) is 42.7 Å². The summed E-state index contributed by atoms with van der Waals surface area (Å²) in [6.45, 7) is 3.36. The molecular weight excluding hydrogens is 462 g/mol. The van der Waals surface area contributed by atoms with Crippen molar-refractivity contribution < 1.29 is 18.0 Å². The summed E-state index contributed by atoms with van der Waals surface area (Å²) in [6, 6.07) is 13.0. The van der Waals surface area contributed by atoms with Crippen LogP contribution in [0.1, 0.15) is 22.5 Å². The highest BCUT2D eigenvalue weighted by atomic mass is 35.5. The number of nitrogens with one attached hydrogen (secondary N) is 1. The van der Waals surface area contributed by atoms with Gasteiger partial charge in [-0.1, -0.05) is 29.3 Å². The van der Waals surface area contributed by atoms with Gasteiger partial charge in [0.05, 0.1) is 16.3 Å². The second-order valence-corrected chi connectivity index (χ2v) is 7.80. The number of carbonyl (C=O) groups is 1. The topological polar surface area (TPSA) is 57.8 Å². The summed E-state index contributed by atoms with van der Waals surface area (Å²) in [5.74, 6) is -0.642. The summed E-state index contributed by atoms with van der Waals surface area (Å²) in [5, 5.41) is 12.6. The SMILES string of the molecule is Cc1cc(C=C(C#N)C(=O)Nc2cccc(Cl)c2)c(C)n1-c1cc(C(F)(F)F)ccc1Cl. The van der Waals surface area contributed by atoms with Gasteiger partial charge in [-0.05, 0) is 68.0 Å². The van der Waals surface area contributed by atoms with Gasteiger partial charge in [0.15, 0.2) is 0 Å². The predicted molar refractivity (Wildman–Crippen MR) is 119 cm³/mol. The van der Waals surface area contributed by atoms with Crippen molar-refractivity contribution in [3.63, 3.8) is 0 Å². The average Bonchev–Trinajstić information content (AvgIpc) is 2.98. The molecule has 9 heteroatoms. The van der Waals surface area contributed by atoms with Crippen LogP contribution >= 0.6 is 23.2 Å². The van der Waals surface area contributed by atoms with Gasteiger partial charge in [-0.2, -0.15) is 18.4 Å². The Labute approximate surface area is 192 Å². The molecule has 0 radical (unpaired) electrons. The molecule has 32 heavy (non-hydrogen) atoms. The Balaban J connectivity index is 2.01. The fourth-order valence-electron chi connectivity index (χ4n) is 3.23. The molecule has 0 bridgehead atoms. The average molecular weight is 478 g/mol. The second-order valence-electron chi connectivity index (χ2n) is 6.96. The van der Waals surface area contributed by atoms with Gasteiger partial charge in [-0.15, -0.1) is 0 Å². The van der Waals surface area contributed by atoms with Gasteiger partial charge in [-0.3, -0.25) is 4.79 Å². The van der Waals surface area contributed by atoms with Gasteiger partial charge in [0.1, 0.15) is 11.6 Å². The number of hydrogen-bond acceptors (Lipinski definition) is 2. The van der Waals surface area contributed by atoms with Crippen LogP contribution in [0.4, 0.5) is 18.9 Å². The summed E-state index contributed by atoms with van der Waals surface area (Å²) in [6.07, 6.45) is -3.15. The molecule has 1 amide bonds. The smallest absolute Gasteiger partial charge is 0.321 e. The van der Waals surface area contributed by atoms with Crippen LogP contribution in [0.25, 0.3) is 11.8 Å². The number of halogens is 5. The van der Waals surface area contributed by atoms with E-state index in [0.29, 0.717) is 27.7 Å². The maximum absolute atomic E-state index is 13.2. The minimum absolute atomic E-state index is 0.134. The molecule has 1 N–H and O–H groups in total. The van der Waals surface area contributed by atoms with Crippen molar-refractivity contribution in [1.82, 2.24) is 4.57 Å². The molecule has 0 aliphatic carbocycles. The van der Waals surface area contributed by atoms with Crippen molar-refractivity contribution in [2.75, 3.05) is 5.32 Å². The molecule has 2 aromatic carbocycles. The third-order valence-corrected chi connectivity index (χ3v) is 5.29. The van der Waals surface area contributed by atoms with Gasteiger partial charge >= 0.3 is 6.18 Å². The number of benzene rings is 2. The van der Waals surface area contributed by atoms with Crippen molar-refractivity contribution in [2.45, 2.75) is 20.0 Å². The van der Waals surface area contributed by atoms with E-state index in [1.807, 2.05) is 6.07 Å². The van der Waals surface area contributed by atoms with Crippen LogP contribution in [0.15, 0.2) is 54.1 Å². The van der Waals surface area contributed by atoms with Crippen LogP contribution in [-0.2, 0) is 11.0 Å². The molecule has 4 nitrogen and oxygen atoms in total. The molecule has 0 fully saturated rings. The Kier molecular flexibility index (Phi) is 6.68. The fraction of sp³-hybridized carbons (Fsp3) is 0.130. The van der Waals surface area contributed by atoms with Gasteiger partial charge in [0, 0.05) is 22.1 Å². The number of hydrogen-bond donors (Lipinski definition) is 1. The first kappa shape index (κ1) is 23.5. The molecule has 0 aliphatic heterocycles. The summed E-state index contributed by atoms with van der Waals surface area (Å²) in [5.41, 5.74) is 1.16. The van der Waals surface area contributed by atoms with Crippen LogP contribution in [0.5, 0.6) is 0 Å². The van der Waals surface area contributed by atoms with Crippen LogP contribution < -0.4 is 5.32 Å². The number of aryl methyl sites for hydroxylation is 1. The zero-order chi connectivity index (χ0) is 23.6. The summed E-state index contributed by atoms with van der Waals surface area (Å²) in [4.78, 5) is 12.5. The lowest BCUT2D eigenvalue weighted by atomic mass is 10.1. The molecule has 0 saturated heterocycles. The van der Waals surface area contributed by atoms with E-state index >= 15 is 0 Å². The van der Waals surface area contributed by atoms with Crippen molar-refractivity contribution in [1.29, 1.82) is 5.26 Å². The number of aromatic nitrogens is 1. The van der Waals surface area contributed by atoms with Gasteiger partial charge in [0.25, 0.3) is 5.91 Å². The van der Waals surface area contributed by atoms with Crippen molar-refractivity contribution in [3.8, 4) is 11.8 Å². The molecule has 0 atom stereocenters. The number of amides is 1. The lowest BCUT2D eigenvalue weighted by Gasteiger charge is -2.15. The van der Waals surface area contributed by atoms with Gasteiger partial charge in [0.2, 0.25) is 0 Å². The molecule has 0 saturated carbocycles. The van der Waals surface area contributed by atoms with Crippen LogP contribution in [0, 0.1) is 25.2 Å². The van der Waals surface area contributed by atoms with Crippen LogP contribution in [-0.4, -0.2) is 10.5 Å². The van der Waals surface area contributed by atoms with Crippen molar-refractivity contribution in [2.24, 2.45) is 0 Å². The van der Waals surface area contributed by atoms with Crippen LogP contribution in [0.3, 0.4) is 0 Å². The highest BCUT2D eigenvalue weighted by Crippen LogP contribution is 2.35. The van der Waals surface area contributed by atoms with E-state index in [0.717, 1.165) is 12.1 Å². The molecule has 0 unspecified atom stereocenters. The van der Waals surface area contributed by atoms with Gasteiger partial charge in [-0.25, -0.2) is 0 Å². The minimum atomic E-state index is -4.52. The van der Waals surface area contributed by atoms with Crippen LogP contribution in [0.2, 0.25) is 10.0 Å². The Hall–Kier alpha value is -3.21. The first-order valence-electron chi connectivity index (χ1n) is 9.26. The maximum Gasteiger partial charge on any atom is 0.416 e. The molecule has 164 valence electrons. The first-order chi connectivity index (χ1) is 15.0. The number of alkyl halides is 3. The number of rotatable bonds is 4. The lowest BCUT2D eigenvalue weighted by molar-refractivity contribution is -0.137. The number of carbonyl (C=O) groups excluding carboxylic acids is 1. The largest absolute Gasteiger partial charge is 0.416 e. The summed E-state index contributed by atoms with van der Waals surface area (Å²) in [7, 11) is 0. The van der Waals surface area contributed by atoms with Crippen molar-refractivity contribution in [3.05, 3.63) is 86.7 Å². The highest BCUT2D eigenvalue weighted by molar-refractivity contribution is 6.32.